The van der Waals surface area contributed by atoms with Crippen LogP contribution in [0.25, 0.3) is 0 Å². The highest BCUT2D eigenvalue weighted by Gasteiger charge is 2.38. The lowest BCUT2D eigenvalue weighted by Crippen LogP contribution is -2.24. The Labute approximate surface area is 146 Å². The van der Waals surface area contributed by atoms with Crippen molar-refractivity contribution in [2.24, 2.45) is 7.05 Å². The first-order chi connectivity index (χ1) is 11.5. The van der Waals surface area contributed by atoms with Gasteiger partial charge in [0.05, 0.1) is 11.9 Å². The molecule has 0 aliphatic heterocycles. The molecular weight excluding hydrogens is 383 g/mol. The van der Waals surface area contributed by atoms with E-state index >= 15 is 0 Å². The van der Waals surface area contributed by atoms with Crippen LogP contribution in [0.4, 0.5) is 18.9 Å². The Morgan fingerprint density at radius 3 is 2.44 bits per heavy atom. The zero-order chi connectivity index (χ0) is 18.8. The lowest BCUT2D eigenvalue weighted by Gasteiger charge is -2.10. The van der Waals surface area contributed by atoms with Gasteiger partial charge in [0.1, 0.15) is 11.4 Å². The third kappa shape index (κ3) is 5.20. The van der Waals surface area contributed by atoms with Crippen molar-refractivity contribution < 1.29 is 26.4 Å². The Morgan fingerprint density at radius 2 is 1.88 bits per heavy atom. The number of amides is 1. The molecule has 0 bridgehead atoms. The van der Waals surface area contributed by atoms with Crippen LogP contribution in [0.5, 0.6) is 0 Å². The van der Waals surface area contributed by atoms with Crippen LogP contribution in [0.2, 0.25) is 5.02 Å². The molecule has 25 heavy (non-hydrogen) atoms. The summed E-state index contributed by atoms with van der Waals surface area (Å²) in [5.41, 5.74) is -1.34. The predicted octanol–water partition coefficient (Wildman–Crippen LogP) is 2.65. The second-order valence-electron chi connectivity index (χ2n) is 5.23. The van der Waals surface area contributed by atoms with E-state index < -0.39 is 44.7 Å². The van der Waals surface area contributed by atoms with Gasteiger partial charge >= 0.3 is 6.18 Å². The molecule has 0 aliphatic rings. The summed E-state index contributed by atoms with van der Waals surface area (Å²) in [6.45, 7) is 0. The molecule has 0 saturated heterocycles. The lowest BCUT2D eigenvalue weighted by atomic mass is 10.3. The van der Waals surface area contributed by atoms with Crippen molar-refractivity contribution >= 4 is 33.0 Å². The van der Waals surface area contributed by atoms with Gasteiger partial charge in [0.15, 0.2) is 9.84 Å². The van der Waals surface area contributed by atoms with Crippen LogP contribution in [-0.2, 0) is 33.6 Å². The van der Waals surface area contributed by atoms with Gasteiger partial charge in [-0.15, -0.1) is 0 Å². The molecule has 1 aromatic carbocycles. The number of aryl methyl sites for hydroxylation is 1. The number of anilines is 1. The maximum absolute atomic E-state index is 13.0. The van der Waals surface area contributed by atoms with Gasteiger partial charge in [0.2, 0.25) is 5.91 Å². The zero-order valence-electron chi connectivity index (χ0n) is 12.8. The molecule has 2 aromatic rings. The summed E-state index contributed by atoms with van der Waals surface area (Å²) in [4.78, 5) is 11.8. The third-order valence-corrected chi connectivity index (χ3v) is 4.84. The SMILES string of the molecule is Cn1ncc(CS(=O)(=O)CC(=O)Nc2ccc(Cl)cc2)c1C(F)(F)F. The normalized spacial score (nSPS) is 12.2. The summed E-state index contributed by atoms with van der Waals surface area (Å²) in [6.07, 6.45) is -3.92. The van der Waals surface area contributed by atoms with E-state index in [9.17, 15) is 26.4 Å². The Balaban J connectivity index is 2.10. The quantitative estimate of drug-likeness (QED) is 0.843. The molecule has 1 aromatic heterocycles. The summed E-state index contributed by atoms with van der Waals surface area (Å²) in [5, 5.41) is 6.22. The summed E-state index contributed by atoms with van der Waals surface area (Å²) < 4.78 is 63.5. The highest BCUT2D eigenvalue weighted by Crippen LogP contribution is 2.32. The van der Waals surface area contributed by atoms with Gasteiger partial charge in [-0.3, -0.25) is 9.48 Å². The van der Waals surface area contributed by atoms with Crippen molar-refractivity contribution in [1.29, 1.82) is 0 Å². The average Bonchev–Trinajstić information content (AvgIpc) is 2.80. The number of carbonyl (C=O) groups is 1. The van der Waals surface area contributed by atoms with E-state index in [2.05, 4.69) is 10.4 Å². The molecular formula is C14H13ClF3N3O3S. The van der Waals surface area contributed by atoms with E-state index in [1.165, 1.54) is 24.3 Å². The number of sulfone groups is 1. The fraction of sp³-hybridized carbons (Fsp3) is 0.286. The molecule has 0 atom stereocenters. The fourth-order valence-electron chi connectivity index (χ4n) is 2.17. The molecule has 0 saturated carbocycles. The number of hydrogen-bond acceptors (Lipinski definition) is 4. The molecule has 136 valence electrons. The molecule has 11 heteroatoms. The Hall–Kier alpha value is -2.07. The predicted molar refractivity (Wildman–Crippen MR) is 85.8 cm³/mol. The van der Waals surface area contributed by atoms with E-state index in [4.69, 9.17) is 11.6 Å². The minimum absolute atomic E-state index is 0.321. The van der Waals surface area contributed by atoms with Gasteiger partial charge in [-0.25, -0.2) is 8.42 Å². The highest BCUT2D eigenvalue weighted by atomic mass is 35.5. The molecule has 0 spiro atoms. The first kappa shape index (κ1) is 19.3. The number of aromatic nitrogens is 2. The molecule has 1 heterocycles. The highest BCUT2D eigenvalue weighted by molar-refractivity contribution is 7.91. The van der Waals surface area contributed by atoms with Crippen LogP contribution in [0.15, 0.2) is 30.5 Å². The molecule has 0 unspecified atom stereocenters. The number of halogens is 4. The standard InChI is InChI=1S/C14H13ClF3N3O3S/c1-21-13(14(16,17)18)9(6-19-21)7-25(23,24)8-12(22)20-11-4-2-10(15)3-5-11/h2-6H,7-8H2,1H3,(H,20,22). The van der Waals surface area contributed by atoms with Crippen LogP contribution < -0.4 is 5.32 Å². The maximum Gasteiger partial charge on any atom is 0.433 e. The van der Waals surface area contributed by atoms with Crippen LogP contribution in [0.3, 0.4) is 0 Å². The van der Waals surface area contributed by atoms with Crippen LogP contribution in [0, 0.1) is 0 Å². The minimum Gasteiger partial charge on any atom is -0.325 e. The lowest BCUT2D eigenvalue weighted by molar-refractivity contribution is -0.144. The Kier molecular flexibility index (Phi) is 5.43. The van der Waals surface area contributed by atoms with Crippen molar-refractivity contribution in [3.63, 3.8) is 0 Å². The molecule has 0 fully saturated rings. The number of hydrogen-bond donors (Lipinski definition) is 1. The summed E-state index contributed by atoms with van der Waals surface area (Å²) in [5.74, 6) is -2.76. The summed E-state index contributed by atoms with van der Waals surface area (Å²) in [6, 6.07) is 5.93. The van der Waals surface area contributed by atoms with E-state index in [-0.39, 0.29) is 0 Å². The van der Waals surface area contributed by atoms with Gasteiger partial charge < -0.3 is 5.32 Å². The summed E-state index contributed by atoms with van der Waals surface area (Å²) >= 11 is 5.69. The second-order valence-corrected chi connectivity index (χ2v) is 7.73. The smallest absolute Gasteiger partial charge is 0.325 e. The van der Waals surface area contributed by atoms with Gasteiger partial charge in [0, 0.05) is 23.3 Å². The molecule has 2 rings (SSSR count). The monoisotopic (exact) mass is 395 g/mol. The van der Waals surface area contributed by atoms with Crippen molar-refractivity contribution in [1.82, 2.24) is 9.78 Å². The van der Waals surface area contributed by atoms with Crippen LogP contribution in [-0.4, -0.2) is 29.9 Å². The number of benzene rings is 1. The second kappa shape index (κ2) is 7.04. The molecule has 0 aliphatic carbocycles. The van der Waals surface area contributed by atoms with Gasteiger partial charge in [0.25, 0.3) is 0 Å². The Bertz CT molecular complexity index is 877. The van der Waals surface area contributed by atoms with Crippen LogP contribution in [0.1, 0.15) is 11.3 Å². The van der Waals surface area contributed by atoms with Gasteiger partial charge in [-0.1, -0.05) is 11.6 Å². The number of alkyl halides is 3. The zero-order valence-corrected chi connectivity index (χ0v) is 14.4. The van der Waals surface area contributed by atoms with Crippen molar-refractivity contribution in [3.05, 3.63) is 46.7 Å². The molecule has 6 nitrogen and oxygen atoms in total. The van der Waals surface area contributed by atoms with E-state index in [0.29, 0.717) is 15.4 Å². The van der Waals surface area contributed by atoms with E-state index in [0.717, 1.165) is 13.2 Å². The van der Waals surface area contributed by atoms with Gasteiger partial charge in [-0.05, 0) is 24.3 Å². The Morgan fingerprint density at radius 1 is 1.28 bits per heavy atom. The maximum atomic E-state index is 13.0. The van der Waals surface area contributed by atoms with Crippen molar-refractivity contribution in [2.75, 3.05) is 11.1 Å². The minimum atomic E-state index is -4.75. The third-order valence-electron chi connectivity index (χ3n) is 3.14. The average molecular weight is 396 g/mol. The topological polar surface area (TPSA) is 81.1 Å². The number of rotatable bonds is 5. The molecule has 0 radical (unpaired) electrons. The largest absolute Gasteiger partial charge is 0.433 e. The number of nitrogens with zero attached hydrogens (tertiary/aromatic N) is 2. The van der Waals surface area contributed by atoms with E-state index in [1.54, 1.807) is 0 Å². The van der Waals surface area contributed by atoms with Crippen LogP contribution >= 0.6 is 11.6 Å². The van der Waals surface area contributed by atoms with Crippen molar-refractivity contribution in [2.45, 2.75) is 11.9 Å². The van der Waals surface area contributed by atoms with Crippen molar-refractivity contribution in [3.8, 4) is 0 Å². The molecule has 1 amide bonds. The summed E-state index contributed by atoms with van der Waals surface area (Å²) in [7, 11) is -3.06. The van der Waals surface area contributed by atoms with Gasteiger partial charge in [-0.2, -0.15) is 18.3 Å². The fourth-order valence-corrected chi connectivity index (χ4v) is 3.56. The number of nitrogens with one attached hydrogen (secondary N) is 1. The van der Waals surface area contributed by atoms with E-state index in [1.807, 2.05) is 0 Å². The number of carbonyl (C=O) groups excluding carboxylic acids is 1. The first-order valence-corrected chi connectivity index (χ1v) is 9.02. The molecule has 1 N–H and O–H groups in total. The first-order valence-electron chi connectivity index (χ1n) is 6.82.